The van der Waals surface area contributed by atoms with Crippen molar-refractivity contribution < 1.29 is 5.11 Å². The molecule has 1 aromatic carbocycles. The van der Waals surface area contributed by atoms with Gasteiger partial charge < -0.3 is 5.11 Å². The molecule has 18 heavy (non-hydrogen) atoms. The van der Waals surface area contributed by atoms with Gasteiger partial charge in [0, 0.05) is 5.38 Å². The van der Waals surface area contributed by atoms with Crippen LogP contribution in [0.2, 0.25) is 0 Å². The van der Waals surface area contributed by atoms with Gasteiger partial charge in [-0.15, -0.1) is 11.6 Å². The van der Waals surface area contributed by atoms with Gasteiger partial charge >= 0.3 is 0 Å². The van der Waals surface area contributed by atoms with Crippen molar-refractivity contribution in [2.75, 3.05) is 0 Å². The van der Waals surface area contributed by atoms with Gasteiger partial charge in [-0.25, -0.2) is 0 Å². The molecular formula is C16H23ClO. The predicted molar refractivity (Wildman–Crippen MR) is 77.1 cm³/mol. The fraction of sp³-hybridized carbons (Fsp3) is 0.625. The van der Waals surface area contributed by atoms with Crippen molar-refractivity contribution in [1.82, 2.24) is 0 Å². The molecule has 2 rings (SSSR count). The van der Waals surface area contributed by atoms with Gasteiger partial charge in [0.2, 0.25) is 0 Å². The van der Waals surface area contributed by atoms with E-state index in [-0.39, 0.29) is 0 Å². The van der Waals surface area contributed by atoms with E-state index < -0.39 is 0 Å². The highest BCUT2D eigenvalue weighted by Crippen LogP contribution is 2.38. The lowest BCUT2D eigenvalue weighted by Crippen LogP contribution is -2.29. The highest BCUT2D eigenvalue weighted by Gasteiger charge is 2.30. The quantitative estimate of drug-likeness (QED) is 0.792. The Labute approximate surface area is 115 Å². The van der Waals surface area contributed by atoms with Crippen molar-refractivity contribution in [3.05, 3.63) is 29.8 Å². The Morgan fingerprint density at radius 2 is 1.89 bits per heavy atom. The maximum atomic E-state index is 9.30. The normalized spacial score (nSPS) is 28.6. The molecule has 0 bridgehead atoms. The molecule has 3 atom stereocenters. The van der Waals surface area contributed by atoms with Gasteiger partial charge in [0.05, 0.1) is 0 Å². The van der Waals surface area contributed by atoms with Crippen molar-refractivity contribution in [3.63, 3.8) is 0 Å². The molecule has 0 aliphatic heterocycles. The molecule has 2 heteroatoms. The zero-order chi connectivity index (χ0) is 13.1. The number of aromatic hydroxyl groups is 1. The topological polar surface area (TPSA) is 20.2 Å². The Kier molecular flexibility index (Phi) is 4.55. The fourth-order valence-corrected chi connectivity index (χ4v) is 3.33. The molecule has 1 N–H and O–H groups in total. The molecular weight excluding hydrogens is 244 g/mol. The molecule has 1 fully saturated rings. The van der Waals surface area contributed by atoms with Crippen molar-refractivity contribution >= 4 is 11.6 Å². The fourth-order valence-electron chi connectivity index (χ4n) is 3.01. The van der Waals surface area contributed by atoms with E-state index in [9.17, 15) is 5.11 Å². The molecule has 1 saturated carbocycles. The Hall–Kier alpha value is -0.690. The molecule has 1 aliphatic rings. The summed E-state index contributed by atoms with van der Waals surface area (Å²) in [6.07, 6.45) is 4.70. The minimum atomic E-state index is 0.314. The van der Waals surface area contributed by atoms with E-state index in [2.05, 4.69) is 13.8 Å². The monoisotopic (exact) mass is 266 g/mol. The third kappa shape index (κ3) is 3.41. The molecule has 0 radical (unpaired) electrons. The number of benzene rings is 1. The second kappa shape index (κ2) is 5.97. The number of hydrogen-bond donors (Lipinski definition) is 1. The first-order valence-corrected chi connectivity index (χ1v) is 7.42. The molecule has 3 unspecified atom stereocenters. The van der Waals surface area contributed by atoms with Crippen LogP contribution in [0.3, 0.4) is 0 Å². The van der Waals surface area contributed by atoms with E-state index in [0.717, 1.165) is 24.7 Å². The van der Waals surface area contributed by atoms with E-state index in [1.807, 2.05) is 12.1 Å². The second-order valence-electron chi connectivity index (χ2n) is 5.96. The number of phenols is 1. The number of hydrogen-bond acceptors (Lipinski definition) is 1. The lowest BCUT2D eigenvalue weighted by atomic mass is 9.74. The minimum absolute atomic E-state index is 0.314. The largest absolute Gasteiger partial charge is 0.508 e. The highest BCUT2D eigenvalue weighted by molar-refractivity contribution is 6.20. The Balaban J connectivity index is 2.00. The van der Waals surface area contributed by atoms with Gasteiger partial charge in [0.25, 0.3) is 0 Å². The summed E-state index contributed by atoms with van der Waals surface area (Å²) in [4.78, 5) is 0. The van der Waals surface area contributed by atoms with Crippen LogP contribution in [-0.4, -0.2) is 10.5 Å². The van der Waals surface area contributed by atoms with Crippen molar-refractivity contribution in [3.8, 4) is 5.75 Å². The zero-order valence-corrected chi connectivity index (χ0v) is 12.0. The first-order chi connectivity index (χ1) is 8.56. The van der Waals surface area contributed by atoms with Crippen LogP contribution in [0.1, 0.15) is 38.7 Å². The molecule has 100 valence electrons. The Morgan fingerprint density at radius 1 is 1.22 bits per heavy atom. The average molecular weight is 267 g/mol. The molecule has 0 saturated heterocycles. The van der Waals surface area contributed by atoms with Gasteiger partial charge in [0.15, 0.2) is 0 Å². The van der Waals surface area contributed by atoms with Crippen LogP contribution in [0.15, 0.2) is 24.3 Å². The summed E-state index contributed by atoms with van der Waals surface area (Å²) in [5, 5.41) is 9.62. The first kappa shape index (κ1) is 13.7. The predicted octanol–water partition coefficient (Wildman–Crippen LogP) is 4.61. The van der Waals surface area contributed by atoms with Crippen LogP contribution in [0.4, 0.5) is 0 Å². The maximum Gasteiger partial charge on any atom is 0.115 e. The third-order valence-corrected chi connectivity index (χ3v) is 4.88. The molecule has 0 aromatic heterocycles. The summed E-state index contributed by atoms with van der Waals surface area (Å²) < 4.78 is 0. The number of halogens is 1. The molecule has 1 aromatic rings. The highest BCUT2D eigenvalue weighted by atomic mass is 35.5. The Morgan fingerprint density at radius 3 is 2.50 bits per heavy atom. The molecule has 1 aliphatic carbocycles. The van der Waals surface area contributed by atoms with Gasteiger partial charge in [-0.2, -0.15) is 0 Å². The van der Waals surface area contributed by atoms with Gasteiger partial charge in [-0.05, 0) is 61.1 Å². The van der Waals surface area contributed by atoms with Crippen LogP contribution in [0.25, 0.3) is 0 Å². The van der Waals surface area contributed by atoms with Crippen LogP contribution >= 0.6 is 11.6 Å². The van der Waals surface area contributed by atoms with Crippen LogP contribution < -0.4 is 0 Å². The maximum absolute atomic E-state index is 9.30. The van der Waals surface area contributed by atoms with Crippen molar-refractivity contribution in [1.29, 1.82) is 0 Å². The molecule has 0 spiro atoms. The smallest absolute Gasteiger partial charge is 0.115 e. The second-order valence-corrected chi connectivity index (χ2v) is 6.52. The van der Waals surface area contributed by atoms with Gasteiger partial charge in [-0.3, -0.25) is 0 Å². The summed E-state index contributed by atoms with van der Waals surface area (Å²) in [5.74, 6) is 2.50. The van der Waals surface area contributed by atoms with E-state index in [1.165, 1.54) is 18.4 Å². The third-order valence-electron chi connectivity index (χ3n) is 4.31. The summed E-state index contributed by atoms with van der Waals surface area (Å²) in [5.41, 5.74) is 1.29. The lowest BCUT2D eigenvalue weighted by molar-refractivity contribution is 0.218. The van der Waals surface area contributed by atoms with Crippen LogP contribution in [-0.2, 0) is 6.42 Å². The molecule has 1 nitrogen and oxygen atoms in total. The number of phenolic OH excluding ortho intramolecular Hbond substituents is 1. The van der Waals surface area contributed by atoms with Gasteiger partial charge in [0.1, 0.15) is 5.75 Å². The van der Waals surface area contributed by atoms with Crippen LogP contribution in [0, 0.1) is 17.8 Å². The van der Waals surface area contributed by atoms with Crippen molar-refractivity contribution in [2.45, 2.75) is 44.9 Å². The van der Waals surface area contributed by atoms with E-state index in [4.69, 9.17) is 11.6 Å². The van der Waals surface area contributed by atoms with E-state index in [1.54, 1.807) is 12.1 Å². The Bertz CT molecular complexity index is 371. The van der Waals surface area contributed by atoms with E-state index in [0.29, 0.717) is 17.0 Å². The summed E-state index contributed by atoms with van der Waals surface area (Å²) >= 11 is 6.48. The first-order valence-electron chi connectivity index (χ1n) is 6.98. The van der Waals surface area contributed by atoms with Crippen LogP contribution in [0.5, 0.6) is 5.75 Å². The lowest BCUT2D eigenvalue weighted by Gasteiger charge is -2.35. The summed E-state index contributed by atoms with van der Waals surface area (Å²) in [6.45, 7) is 4.63. The standard InChI is InChI=1S/C16H23ClO/c1-11(2)13-5-8-16(17)14(10-13)9-12-3-6-15(18)7-4-12/h3-4,6-7,11,13-14,16,18H,5,8-10H2,1-2H3. The average Bonchev–Trinajstić information content (AvgIpc) is 2.34. The minimum Gasteiger partial charge on any atom is -0.508 e. The number of rotatable bonds is 3. The van der Waals surface area contributed by atoms with Gasteiger partial charge in [-0.1, -0.05) is 26.0 Å². The van der Waals surface area contributed by atoms with E-state index >= 15 is 0 Å². The molecule has 0 amide bonds. The number of alkyl halides is 1. The zero-order valence-electron chi connectivity index (χ0n) is 11.3. The SMILES string of the molecule is CC(C)C1CCC(Cl)C(Cc2ccc(O)cc2)C1. The summed E-state index contributed by atoms with van der Waals surface area (Å²) in [7, 11) is 0. The molecule has 0 heterocycles. The summed E-state index contributed by atoms with van der Waals surface area (Å²) in [6, 6.07) is 7.55. The van der Waals surface area contributed by atoms with Crippen molar-refractivity contribution in [2.24, 2.45) is 17.8 Å².